The molecule has 0 aliphatic rings. The number of carbonyl (C=O) groups is 1. The minimum Gasteiger partial charge on any atom is -0.479 e. The molecule has 0 bridgehead atoms. The first-order valence-electron chi connectivity index (χ1n) is 6.03. The highest BCUT2D eigenvalue weighted by Gasteiger charge is 2.02. The molecular weight excluding hydrogens is 242 g/mol. The number of nitrogens with zero attached hydrogens (tertiary/aromatic N) is 2. The Morgan fingerprint density at radius 1 is 1.47 bits per heavy atom. The van der Waals surface area contributed by atoms with Gasteiger partial charge in [0.25, 0.3) is 0 Å². The highest BCUT2D eigenvalue weighted by Crippen LogP contribution is 2.10. The van der Waals surface area contributed by atoms with E-state index >= 15 is 0 Å². The molecule has 100 valence electrons. The van der Waals surface area contributed by atoms with Gasteiger partial charge in [0, 0.05) is 6.42 Å². The molecule has 1 aromatic rings. The van der Waals surface area contributed by atoms with Gasteiger partial charge in [-0.2, -0.15) is 10.4 Å². The molecule has 0 saturated heterocycles. The highest BCUT2D eigenvalue weighted by molar-refractivity contribution is 5.82. The maximum atomic E-state index is 11.3. The summed E-state index contributed by atoms with van der Waals surface area (Å²) >= 11 is 0. The van der Waals surface area contributed by atoms with E-state index in [1.165, 1.54) is 0 Å². The van der Waals surface area contributed by atoms with Crippen molar-refractivity contribution in [3.05, 3.63) is 29.8 Å². The van der Waals surface area contributed by atoms with Crippen molar-refractivity contribution in [2.45, 2.75) is 20.3 Å². The van der Waals surface area contributed by atoms with E-state index in [0.29, 0.717) is 18.1 Å². The molecule has 0 aliphatic carbocycles. The van der Waals surface area contributed by atoms with Gasteiger partial charge in [-0.15, -0.1) is 0 Å². The van der Waals surface area contributed by atoms with Gasteiger partial charge >= 0.3 is 0 Å². The summed E-state index contributed by atoms with van der Waals surface area (Å²) in [5.41, 5.74) is 3.31. The molecule has 0 aliphatic heterocycles. The number of hydrogen-bond acceptors (Lipinski definition) is 4. The Balaban J connectivity index is 2.44. The molecule has 1 N–H and O–H groups in total. The zero-order valence-electron chi connectivity index (χ0n) is 11.1. The van der Waals surface area contributed by atoms with Crippen LogP contribution in [0.1, 0.15) is 25.8 Å². The van der Waals surface area contributed by atoms with Gasteiger partial charge in [-0.1, -0.05) is 13.8 Å². The molecule has 1 amide bonds. The van der Waals surface area contributed by atoms with Crippen molar-refractivity contribution < 1.29 is 9.53 Å². The van der Waals surface area contributed by atoms with Crippen LogP contribution in [0, 0.1) is 17.2 Å². The Labute approximate surface area is 112 Å². The Hall–Kier alpha value is -2.35. The van der Waals surface area contributed by atoms with Crippen LogP contribution >= 0.6 is 0 Å². The van der Waals surface area contributed by atoms with E-state index in [1.807, 2.05) is 19.9 Å². The van der Waals surface area contributed by atoms with Crippen LogP contribution in [0.15, 0.2) is 29.4 Å². The average molecular weight is 259 g/mol. The molecular formula is C14H17N3O2. The van der Waals surface area contributed by atoms with Gasteiger partial charge in [0.2, 0.25) is 5.91 Å². The fraction of sp³-hybridized carbons (Fsp3) is 0.357. The fourth-order valence-electron chi connectivity index (χ4n) is 1.36. The van der Waals surface area contributed by atoms with Gasteiger partial charge in [-0.25, -0.2) is 5.43 Å². The summed E-state index contributed by atoms with van der Waals surface area (Å²) in [5.74, 6) is 0.842. The Bertz CT molecular complexity index is 472. The summed E-state index contributed by atoms with van der Waals surface area (Å²) in [5, 5.41) is 12.2. The normalized spacial score (nSPS) is 10.4. The van der Waals surface area contributed by atoms with Crippen LogP contribution in [-0.2, 0) is 4.79 Å². The predicted molar refractivity (Wildman–Crippen MR) is 72.7 cm³/mol. The molecule has 0 spiro atoms. The molecule has 0 saturated carbocycles. The molecule has 5 heteroatoms. The van der Waals surface area contributed by atoms with Crippen LogP contribution in [0.4, 0.5) is 0 Å². The topological polar surface area (TPSA) is 74.5 Å². The second kappa shape index (κ2) is 7.88. The van der Waals surface area contributed by atoms with Crippen LogP contribution < -0.4 is 10.2 Å². The monoisotopic (exact) mass is 259 g/mol. The average Bonchev–Trinajstić information content (AvgIpc) is 2.37. The Morgan fingerprint density at radius 3 is 2.74 bits per heavy atom. The summed E-state index contributed by atoms with van der Waals surface area (Å²) < 4.78 is 5.12. The van der Waals surface area contributed by atoms with E-state index in [1.54, 1.807) is 30.5 Å². The standard InChI is InChI=1S/C14H17N3O2/c1-11(2)9-14(18)17-16-10-12-3-5-13(6-4-12)19-8-7-15/h3-6,10-11H,8-9H2,1-2H3,(H,17,18)/b16-10-. The van der Waals surface area contributed by atoms with Crippen molar-refractivity contribution in [2.75, 3.05) is 6.61 Å². The SMILES string of the molecule is CC(C)CC(=O)N/N=C\c1ccc(OCC#N)cc1. The third-order valence-electron chi connectivity index (χ3n) is 2.18. The van der Waals surface area contributed by atoms with E-state index in [0.717, 1.165) is 5.56 Å². The summed E-state index contributed by atoms with van der Waals surface area (Å²) in [6, 6.07) is 8.98. The molecule has 0 radical (unpaired) electrons. The number of hydrogen-bond donors (Lipinski definition) is 1. The molecule has 0 unspecified atom stereocenters. The molecule has 0 aromatic heterocycles. The number of hydrazone groups is 1. The van der Waals surface area contributed by atoms with Gasteiger partial charge in [-0.05, 0) is 35.7 Å². The van der Waals surface area contributed by atoms with Crippen molar-refractivity contribution in [1.29, 1.82) is 5.26 Å². The summed E-state index contributed by atoms with van der Waals surface area (Å²) in [7, 11) is 0. The molecule has 5 nitrogen and oxygen atoms in total. The number of nitriles is 1. The number of nitrogens with one attached hydrogen (secondary N) is 1. The Kier molecular flexibility index (Phi) is 6.10. The van der Waals surface area contributed by atoms with Gasteiger partial charge < -0.3 is 4.74 Å². The fourth-order valence-corrected chi connectivity index (χ4v) is 1.36. The number of ether oxygens (including phenoxy) is 1. The summed E-state index contributed by atoms with van der Waals surface area (Å²) in [4.78, 5) is 11.3. The van der Waals surface area contributed by atoms with E-state index < -0.39 is 0 Å². The predicted octanol–water partition coefficient (Wildman–Crippen LogP) is 2.09. The number of rotatable bonds is 6. The molecule has 1 aromatic carbocycles. The first-order chi connectivity index (χ1) is 9.11. The smallest absolute Gasteiger partial charge is 0.240 e. The first-order valence-corrected chi connectivity index (χ1v) is 6.03. The maximum Gasteiger partial charge on any atom is 0.240 e. The lowest BCUT2D eigenvalue weighted by atomic mass is 10.1. The van der Waals surface area contributed by atoms with Gasteiger partial charge in [0.15, 0.2) is 6.61 Å². The van der Waals surface area contributed by atoms with Crippen LogP contribution in [0.2, 0.25) is 0 Å². The summed E-state index contributed by atoms with van der Waals surface area (Å²) in [6.07, 6.45) is 2.02. The van der Waals surface area contributed by atoms with Crippen molar-refractivity contribution in [1.82, 2.24) is 5.43 Å². The molecule has 19 heavy (non-hydrogen) atoms. The second-order valence-corrected chi connectivity index (χ2v) is 4.41. The lowest BCUT2D eigenvalue weighted by Gasteiger charge is -2.02. The van der Waals surface area contributed by atoms with Crippen LogP contribution in [0.3, 0.4) is 0 Å². The largest absolute Gasteiger partial charge is 0.479 e. The van der Waals surface area contributed by atoms with E-state index in [4.69, 9.17) is 10.00 Å². The first kappa shape index (κ1) is 14.7. The maximum absolute atomic E-state index is 11.3. The molecule has 1 rings (SSSR count). The lowest BCUT2D eigenvalue weighted by Crippen LogP contribution is -2.19. The Morgan fingerprint density at radius 2 is 2.16 bits per heavy atom. The lowest BCUT2D eigenvalue weighted by molar-refractivity contribution is -0.121. The van der Waals surface area contributed by atoms with Crippen LogP contribution in [0.5, 0.6) is 5.75 Å². The number of amides is 1. The van der Waals surface area contributed by atoms with Gasteiger partial charge in [-0.3, -0.25) is 4.79 Å². The van der Waals surface area contributed by atoms with Crippen molar-refractivity contribution in [3.8, 4) is 11.8 Å². The number of benzene rings is 1. The van der Waals surface area contributed by atoms with Crippen LogP contribution in [-0.4, -0.2) is 18.7 Å². The van der Waals surface area contributed by atoms with Crippen molar-refractivity contribution >= 4 is 12.1 Å². The molecule has 0 fully saturated rings. The van der Waals surface area contributed by atoms with E-state index in [-0.39, 0.29) is 12.5 Å². The highest BCUT2D eigenvalue weighted by atomic mass is 16.5. The third kappa shape index (κ3) is 6.22. The quantitative estimate of drug-likeness (QED) is 0.628. The third-order valence-corrected chi connectivity index (χ3v) is 2.18. The van der Waals surface area contributed by atoms with Crippen molar-refractivity contribution in [3.63, 3.8) is 0 Å². The van der Waals surface area contributed by atoms with E-state index in [9.17, 15) is 4.79 Å². The van der Waals surface area contributed by atoms with E-state index in [2.05, 4.69) is 10.5 Å². The number of carbonyl (C=O) groups excluding carboxylic acids is 1. The minimum absolute atomic E-state index is 0.0265. The van der Waals surface area contributed by atoms with Gasteiger partial charge in [0.1, 0.15) is 11.8 Å². The van der Waals surface area contributed by atoms with Crippen molar-refractivity contribution in [2.24, 2.45) is 11.0 Å². The van der Waals surface area contributed by atoms with Gasteiger partial charge in [0.05, 0.1) is 6.21 Å². The van der Waals surface area contributed by atoms with Crippen LogP contribution in [0.25, 0.3) is 0 Å². The second-order valence-electron chi connectivity index (χ2n) is 4.41. The molecule has 0 atom stereocenters. The summed E-state index contributed by atoms with van der Waals surface area (Å²) in [6.45, 7) is 3.98. The zero-order valence-corrected chi connectivity index (χ0v) is 11.1. The molecule has 0 heterocycles. The zero-order chi connectivity index (χ0) is 14.1. The minimum atomic E-state index is -0.0970.